The van der Waals surface area contributed by atoms with Gasteiger partial charge in [0.05, 0.1) is 19.0 Å². The number of furan rings is 1. The Labute approximate surface area is 123 Å². The molecule has 21 heavy (non-hydrogen) atoms. The molecular weight excluding hydrogens is 273 g/mol. The van der Waals surface area contributed by atoms with Gasteiger partial charge in [-0.25, -0.2) is 4.39 Å². The van der Waals surface area contributed by atoms with Crippen LogP contribution in [0.2, 0.25) is 0 Å². The van der Waals surface area contributed by atoms with Crippen LogP contribution in [0.5, 0.6) is 0 Å². The lowest BCUT2D eigenvalue weighted by Gasteiger charge is -2.25. The van der Waals surface area contributed by atoms with Crippen molar-refractivity contribution in [3.8, 4) is 0 Å². The molecule has 114 valence electrons. The van der Waals surface area contributed by atoms with Gasteiger partial charge in [0.2, 0.25) is 0 Å². The summed E-state index contributed by atoms with van der Waals surface area (Å²) in [6, 6.07) is 9.95. The molecule has 4 nitrogen and oxygen atoms in total. The van der Waals surface area contributed by atoms with Crippen molar-refractivity contribution in [3.63, 3.8) is 0 Å². The number of hydrogen-bond donors (Lipinski definition) is 1. The first kappa shape index (κ1) is 15.5. The lowest BCUT2D eigenvalue weighted by Crippen LogP contribution is -2.34. The summed E-state index contributed by atoms with van der Waals surface area (Å²) in [6.07, 6.45) is 0.931. The van der Waals surface area contributed by atoms with Gasteiger partial charge in [0.1, 0.15) is 18.2 Å². The molecule has 5 heteroatoms. The molecule has 0 aliphatic heterocycles. The molecule has 0 radical (unpaired) electrons. The number of likely N-dealkylation sites (N-methyl/N-ethyl adjacent to an activating group) is 1. The molecule has 1 aromatic heterocycles. The van der Waals surface area contributed by atoms with Gasteiger partial charge in [-0.1, -0.05) is 6.07 Å². The number of aliphatic hydroxyl groups excluding tert-OH is 1. The minimum absolute atomic E-state index is 0.201. The molecule has 0 aliphatic carbocycles. The number of rotatable bonds is 8. The molecular formula is C16H20FNO3. The normalized spacial score (nSPS) is 12.3. The third-order valence-electron chi connectivity index (χ3n) is 3.12. The van der Waals surface area contributed by atoms with E-state index in [0.717, 1.165) is 11.4 Å². The van der Waals surface area contributed by atoms with Gasteiger partial charge in [0.25, 0.3) is 0 Å². The third-order valence-corrected chi connectivity index (χ3v) is 3.12. The van der Waals surface area contributed by atoms with E-state index in [1.54, 1.807) is 18.4 Å². The largest absolute Gasteiger partial charge is 0.467 e. The van der Waals surface area contributed by atoms with Crippen molar-refractivity contribution < 1.29 is 18.7 Å². The lowest BCUT2D eigenvalue weighted by molar-refractivity contribution is 0.0256. The quantitative estimate of drug-likeness (QED) is 0.813. The molecule has 1 heterocycles. The fourth-order valence-electron chi connectivity index (χ4n) is 2.09. The van der Waals surface area contributed by atoms with E-state index >= 15 is 0 Å². The second-order valence-corrected chi connectivity index (χ2v) is 4.77. The van der Waals surface area contributed by atoms with E-state index in [1.165, 1.54) is 12.1 Å². The van der Waals surface area contributed by atoms with Gasteiger partial charge < -0.3 is 19.2 Å². The molecule has 0 saturated carbocycles. The number of benzene rings is 1. The van der Waals surface area contributed by atoms with Crippen LogP contribution in [-0.4, -0.2) is 30.9 Å². The molecule has 2 rings (SSSR count). The van der Waals surface area contributed by atoms with E-state index < -0.39 is 6.10 Å². The highest BCUT2D eigenvalue weighted by Crippen LogP contribution is 2.15. The Hall–Kier alpha value is -1.85. The van der Waals surface area contributed by atoms with Crippen LogP contribution in [0, 0.1) is 5.82 Å². The van der Waals surface area contributed by atoms with E-state index in [2.05, 4.69) is 0 Å². The van der Waals surface area contributed by atoms with Gasteiger partial charge in [-0.3, -0.25) is 0 Å². The smallest absolute Gasteiger partial charge is 0.129 e. The second-order valence-electron chi connectivity index (χ2n) is 4.77. The summed E-state index contributed by atoms with van der Waals surface area (Å²) >= 11 is 0. The van der Waals surface area contributed by atoms with Crippen LogP contribution in [-0.2, 0) is 11.3 Å². The van der Waals surface area contributed by atoms with E-state index in [9.17, 15) is 9.50 Å². The number of nitrogens with zero attached hydrogens (tertiary/aromatic N) is 1. The molecule has 1 N–H and O–H groups in total. The van der Waals surface area contributed by atoms with Crippen LogP contribution < -0.4 is 4.90 Å². The SMILES string of the molecule is CCN(CC(O)COCc1ccco1)c1cccc(F)c1. The van der Waals surface area contributed by atoms with Crippen molar-refractivity contribution in [2.24, 2.45) is 0 Å². The minimum Gasteiger partial charge on any atom is -0.467 e. The van der Waals surface area contributed by atoms with Crippen LogP contribution in [0.15, 0.2) is 47.1 Å². The monoisotopic (exact) mass is 293 g/mol. The Morgan fingerprint density at radius 2 is 2.19 bits per heavy atom. The number of halogens is 1. The highest BCUT2D eigenvalue weighted by Gasteiger charge is 2.12. The van der Waals surface area contributed by atoms with Gasteiger partial charge in [-0.05, 0) is 37.3 Å². The summed E-state index contributed by atoms with van der Waals surface area (Å²) in [5, 5.41) is 10.0. The van der Waals surface area contributed by atoms with Crippen molar-refractivity contribution in [2.75, 3.05) is 24.6 Å². The Morgan fingerprint density at radius 3 is 2.86 bits per heavy atom. The summed E-state index contributed by atoms with van der Waals surface area (Å²) in [4.78, 5) is 1.91. The maximum absolute atomic E-state index is 13.2. The lowest BCUT2D eigenvalue weighted by atomic mass is 10.2. The van der Waals surface area contributed by atoms with Gasteiger partial charge >= 0.3 is 0 Å². The molecule has 0 spiro atoms. The summed E-state index contributed by atoms with van der Waals surface area (Å²) in [6.45, 7) is 3.56. The fourth-order valence-corrected chi connectivity index (χ4v) is 2.09. The summed E-state index contributed by atoms with van der Waals surface area (Å²) in [5.74, 6) is 0.439. The zero-order chi connectivity index (χ0) is 15.1. The van der Waals surface area contributed by atoms with Crippen LogP contribution in [0.25, 0.3) is 0 Å². The molecule has 1 aromatic carbocycles. The maximum atomic E-state index is 13.2. The van der Waals surface area contributed by atoms with Crippen LogP contribution in [0.4, 0.5) is 10.1 Å². The molecule has 0 amide bonds. The van der Waals surface area contributed by atoms with Gasteiger partial charge in [0, 0.05) is 18.8 Å². The first-order chi connectivity index (χ1) is 10.2. The highest BCUT2D eigenvalue weighted by molar-refractivity contribution is 5.46. The zero-order valence-corrected chi connectivity index (χ0v) is 12.0. The molecule has 0 fully saturated rings. The van der Waals surface area contributed by atoms with Crippen molar-refractivity contribution >= 4 is 5.69 Å². The summed E-state index contributed by atoms with van der Waals surface area (Å²) < 4.78 is 23.8. The van der Waals surface area contributed by atoms with Crippen molar-refractivity contribution in [2.45, 2.75) is 19.6 Å². The summed E-state index contributed by atoms with van der Waals surface area (Å²) in [7, 11) is 0. The van der Waals surface area contributed by atoms with E-state index in [4.69, 9.17) is 9.15 Å². The summed E-state index contributed by atoms with van der Waals surface area (Å²) in [5.41, 5.74) is 0.752. The van der Waals surface area contributed by atoms with Crippen LogP contribution >= 0.6 is 0 Å². The van der Waals surface area contributed by atoms with Gasteiger partial charge in [0.15, 0.2) is 0 Å². The van der Waals surface area contributed by atoms with Crippen molar-refractivity contribution in [1.82, 2.24) is 0 Å². The Kier molecular flexibility index (Phi) is 5.78. The predicted octanol–water partition coefficient (Wildman–Crippen LogP) is 2.82. The second kappa shape index (κ2) is 7.81. The van der Waals surface area contributed by atoms with Gasteiger partial charge in [-0.15, -0.1) is 0 Å². The number of anilines is 1. The average Bonchev–Trinajstić information content (AvgIpc) is 2.98. The van der Waals surface area contributed by atoms with Crippen LogP contribution in [0.1, 0.15) is 12.7 Å². The predicted molar refractivity (Wildman–Crippen MR) is 78.7 cm³/mol. The third kappa shape index (κ3) is 4.88. The molecule has 2 aromatic rings. The molecule has 0 aliphatic rings. The number of ether oxygens (including phenoxy) is 1. The standard InChI is InChI=1S/C16H20FNO3/c1-2-18(14-6-3-5-13(17)9-14)10-15(19)11-20-12-16-7-4-8-21-16/h3-9,15,19H,2,10-12H2,1H3. The van der Waals surface area contributed by atoms with Gasteiger partial charge in [-0.2, -0.15) is 0 Å². The van der Waals surface area contributed by atoms with Crippen molar-refractivity contribution in [1.29, 1.82) is 0 Å². The minimum atomic E-state index is -0.650. The average molecular weight is 293 g/mol. The molecule has 1 atom stereocenters. The molecule has 1 unspecified atom stereocenters. The fraction of sp³-hybridized carbons (Fsp3) is 0.375. The number of aliphatic hydroxyl groups is 1. The zero-order valence-electron chi connectivity index (χ0n) is 12.0. The molecule has 0 saturated heterocycles. The first-order valence-electron chi connectivity index (χ1n) is 6.97. The maximum Gasteiger partial charge on any atom is 0.129 e. The highest BCUT2D eigenvalue weighted by atomic mass is 19.1. The van der Waals surface area contributed by atoms with E-state index in [-0.39, 0.29) is 12.4 Å². The van der Waals surface area contributed by atoms with E-state index in [1.807, 2.05) is 24.0 Å². The van der Waals surface area contributed by atoms with Crippen LogP contribution in [0.3, 0.4) is 0 Å². The first-order valence-corrected chi connectivity index (χ1v) is 6.97. The Bertz CT molecular complexity index is 530. The van der Waals surface area contributed by atoms with Crippen molar-refractivity contribution in [3.05, 3.63) is 54.2 Å². The van der Waals surface area contributed by atoms with E-state index in [0.29, 0.717) is 19.7 Å². The Morgan fingerprint density at radius 1 is 1.33 bits per heavy atom. The number of hydrogen-bond acceptors (Lipinski definition) is 4. The Balaban J connectivity index is 1.80. The molecule has 0 bridgehead atoms. The topological polar surface area (TPSA) is 45.8 Å².